The van der Waals surface area contributed by atoms with Gasteiger partial charge in [0.25, 0.3) is 5.91 Å². The van der Waals surface area contributed by atoms with Gasteiger partial charge in [-0.25, -0.2) is 4.98 Å². The van der Waals surface area contributed by atoms with Gasteiger partial charge in [0.05, 0.1) is 18.0 Å². The van der Waals surface area contributed by atoms with Gasteiger partial charge in [-0.1, -0.05) is 77.8 Å². The van der Waals surface area contributed by atoms with E-state index in [0.29, 0.717) is 19.3 Å². The van der Waals surface area contributed by atoms with Gasteiger partial charge in [0.1, 0.15) is 16.7 Å². The Kier molecular flexibility index (Phi) is 14.7. The zero-order valence-electron chi connectivity index (χ0n) is 28.8. The van der Waals surface area contributed by atoms with Crippen LogP contribution >= 0.6 is 11.3 Å². The molecule has 3 rings (SSSR count). The molecule has 12 nitrogen and oxygen atoms in total. The number of hydrogen-bond acceptors (Lipinski definition) is 9. The highest BCUT2D eigenvalue weighted by Crippen LogP contribution is 2.24. The lowest BCUT2D eigenvalue weighted by molar-refractivity contribution is -0.141. The van der Waals surface area contributed by atoms with Crippen molar-refractivity contribution in [1.82, 2.24) is 25.8 Å². The molecule has 48 heavy (non-hydrogen) atoms. The third-order valence-electron chi connectivity index (χ3n) is 9.12. The summed E-state index contributed by atoms with van der Waals surface area (Å²) in [5, 5.41) is 30.5. The lowest BCUT2D eigenvalue weighted by Gasteiger charge is -2.34. The summed E-state index contributed by atoms with van der Waals surface area (Å²) in [6.07, 6.45) is 2.17. The van der Waals surface area contributed by atoms with Crippen LogP contribution in [0, 0.1) is 17.8 Å². The Morgan fingerprint density at radius 2 is 1.69 bits per heavy atom. The summed E-state index contributed by atoms with van der Waals surface area (Å²) in [5.74, 6) is -4.24. The van der Waals surface area contributed by atoms with Crippen molar-refractivity contribution < 1.29 is 34.2 Å². The van der Waals surface area contributed by atoms with Gasteiger partial charge in [-0.05, 0) is 56.7 Å². The Hall–Kier alpha value is -3.68. The topological polar surface area (TPSA) is 178 Å². The number of carboxylic acids is 1. The van der Waals surface area contributed by atoms with Crippen LogP contribution in [0.5, 0.6) is 0 Å². The second kappa shape index (κ2) is 18.2. The van der Waals surface area contributed by atoms with Gasteiger partial charge in [0, 0.05) is 11.4 Å². The number of likely N-dealkylation sites (N-methyl/N-ethyl adjacent to an activating group) is 1. The van der Waals surface area contributed by atoms with Crippen LogP contribution in [0.1, 0.15) is 93.9 Å². The number of ketones is 1. The number of aromatic nitrogens is 1. The Labute approximate surface area is 287 Å². The molecule has 13 heteroatoms. The molecule has 7 atom stereocenters. The minimum absolute atomic E-state index is 0.00400. The van der Waals surface area contributed by atoms with Crippen LogP contribution in [0.15, 0.2) is 35.7 Å². The van der Waals surface area contributed by atoms with Gasteiger partial charge in [0.15, 0.2) is 11.9 Å². The predicted molar refractivity (Wildman–Crippen MR) is 183 cm³/mol. The molecule has 1 aliphatic heterocycles. The number of carbonyl (C=O) groups excluding carboxylic acids is 4. The molecule has 264 valence electrons. The number of carbonyl (C=O) groups is 5. The number of aliphatic hydroxyl groups excluding tert-OH is 1. The fraction of sp³-hybridized carbons (Fsp3) is 0.600. The van der Waals surface area contributed by atoms with Crippen molar-refractivity contribution in [2.45, 2.75) is 103 Å². The molecule has 0 spiro atoms. The second-order valence-corrected chi connectivity index (χ2v) is 14.2. The van der Waals surface area contributed by atoms with E-state index in [-0.39, 0.29) is 35.0 Å². The zero-order chi connectivity index (χ0) is 35.5. The normalized spacial score (nSPS) is 19.0. The largest absolute Gasteiger partial charge is 0.481 e. The van der Waals surface area contributed by atoms with Crippen molar-refractivity contribution in [2.75, 3.05) is 13.6 Å². The van der Waals surface area contributed by atoms with Crippen molar-refractivity contribution in [3.05, 3.63) is 52.0 Å². The summed E-state index contributed by atoms with van der Waals surface area (Å²) in [6, 6.07) is 6.61. The third-order valence-corrected chi connectivity index (χ3v) is 10.0. The summed E-state index contributed by atoms with van der Waals surface area (Å²) in [5.41, 5.74) is 0.916. The van der Waals surface area contributed by atoms with Crippen LogP contribution < -0.4 is 16.0 Å². The molecule has 0 aliphatic carbocycles. The first kappa shape index (κ1) is 38.8. The maximum absolute atomic E-state index is 13.6. The van der Waals surface area contributed by atoms with E-state index in [1.165, 1.54) is 5.38 Å². The van der Waals surface area contributed by atoms with Crippen LogP contribution in [0.3, 0.4) is 0 Å². The fourth-order valence-corrected chi connectivity index (χ4v) is 6.64. The highest BCUT2D eigenvalue weighted by Gasteiger charge is 2.37. The SMILES string of the molecule is CCC(C)C(NC(=O)C1CCCCN1C)C(=O)NC(C(=O)C(O)c1nc(C(=O)NC(Cc2ccccc2)CC(C)C(=O)O)cs1)C(C)C. The van der Waals surface area contributed by atoms with Gasteiger partial charge in [-0.15, -0.1) is 11.3 Å². The number of amides is 3. The molecule has 1 fully saturated rings. The number of aliphatic hydroxyl groups is 1. The van der Waals surface area contributed by atoms with E-state index in [2.05, 4.69) is 20.9 Å². The molecule has 0 radical (unpaired) electrons. The van der Waals surface area contributed by atoms with E-state index in [1.54, 1.807) is 20.8 Å². The Balaban J connectivity index is 1.71. The Morgan fingerprint density at radius 3 is 2.29 bits per heavy atom. The van der Waals surface area contributed by atoms with Crippen LogP contribution in [0.25, 0.3) is 0 Å². The summed E-state index contributed by atoms with van der Waals surface area (Å²) in [7, 11) is 1.90. The number of aliphatic carboxylic acids is 1. The van der Waals surface area contributed by atoms with Gasteiger partial charge in [-0.3, -0.25) is 28.9 Å². The number of thiazole rings is 1. The quantitative estimate of drug-likeness (QED) is 0.167. The molecule has 2 aromatic rings. The van der Waals surface area contributed by atoms with Gasteiger partial charge in [-0.2, -0.15) is 0 Å². The van der Waals surface area contributed by atoms with E-state index in [4.69, 9.17) is 0 Å². The number of piperidine rings is 1. The molecule has 7 unspecified atom stereocenters. The third kappa shape index (κ3) is 10.7. The molecular weight excluding hydrogens is 634 g/mol. The van der Waals surface area contributed by atoms with E-state index >= 15 is 0 Å². The smallest absolute Gasteiger partial charge is 0.306 e. The first-order valence-electron chi connectivity index (χ1n) is 16.8. The van der Waals surface area contributed by atoms with Crippen molar-refractivity contribution in [2.24, 2.45) is 17.8 Å². The Morgan fingerprint density at radius 1 is 1.00 bits per heavy atom. The monoisotopic (exact) mass is 685 g/mol. The molecule has 5 N–H and O–H groups in total. The molecule has 2 heterocycles. The predicted octanol–water partition coefficient (Wildman–Crippen LogP) is 3.35. The molecule has 1 aromatic heterocycles. The molecule has 0 saturated carbocycles. The molecule has 1 aliphatic rings. The molecule has 3 amide bonds. The minimum atomic E-state index is -1.70. The van der Waals surface area contributed by atoms with Crippen LogP contribution in [-0.4, -0.2) is 87.3 Å². The number of rotatable bonds is 17. The van der Waals surface area contributed by atoms with Crippen LogP contribution in [0.2, 0.25) is 0 Å². The minimum Gasteiger partial charge on any atom is -0.481 e. The van der Waals surface area contributed by atoms with Gasteiger partial charge in [0.2, 0.25) is 11.8 Å². The van der Waals surface area contributed by atoms with Crippen molar-refractivity contribution in [3.63, 3.8) is 0 Å². The average molecular weight is 686 g/mol. The number of benzene rings is 1. The van der Waals surface area contributed by atoms with Crippen LogP contribution in [-0.2, 0) is 25.6 Å². The standard InChI is InChI=1S/C35H51N5O7S/c1-7-21(4)28(39-32(44)26-15-11-12-16-40(26)6)33(45)38-27(20(2)3)29(41)30(42)34-37-25(19-48-34)31(43)36-24(17-22(5)35(46)47)18-23-13-9-8-10-14-23/h8-10,13-14,19-22,24,26-28,30,42H,7,11-12,15-18H2,1-6H3,(H,36,43)(H,38,45)(H,39,44)(H,46,47). The molecule has 1 saturated heterocycles. The first-order chi connectivity index (χ1) is 22.7. The summed E-state index contributed by atoms with van der Waals surface area (Å²) in [6.45, 7) is 9.66. The summed E-state index contributed by atoms with van der Waals surface area (Å²) < 4.78 is 0. The van der Waals surface area contributed by atoms with E-state index in [1.807, 2.05) is 56.1 Å². The number of carboxylic acid groups (broad SMARTS) is 1. The van der Waals surface area contributed by atoms with Crippen molar-refractivity contribution in [3.8, 4) is 0 Å². The van der Waals surface area contributed by atoms with E-state index < -0.39 is 59.6 Å². The summed E-state index contributed by atoms with van der Waals surface area (Å²) in [4.78, 5) is 71.3. The van der Waals surface area contributed by atoms with Crippen molar-refractivity contribution >= 4 is 40.8 Å². The van der Waals surface area contributed by atoms with Crippen LogP contribution in [0.4, 0.5) is 0 Å². The molecule has 0 bridgehead atoms. The van der Waals surface area contributed by atoms with E-state index in [9.17, 15) is 34.2 Å². The van der Waals surface area contributed by atoms with Gasteiger partial charge >= 0.3 is 5.97 Å². The number of likely N-dealkylation sites (tertiary alicyclic amines) is 1. The molecular formula is C35H51N5O7S. The first-order valence-corrected chi connectivity index (χ1v) is 17.7. The van der Waals surface area contributed by atoms with Crippen molar-refractivity contribution in [1.29, 1.82) is 0 Å². The summed E-state index contributed by atoms with van der Waals surface area (Å²) >= 11 is 0.940. The highest BCUT2D eigenvalue weighted by molar-refractivity contribution is 7.10. The number of Topliss-reactive ketones (excluding diaryl/α,β-unsaturated/α-hetero) is 1. The van der Waals surface area contributed by atoms with Gasteiger partial charge < -0.3 is 26.2 Å². The maximum Gasteiger partial charge on any atom is 0.306 e. The number of nitrogens with one attached hydrogen (secondary N) is 3. The second-order valence-electron chi connectivity index (χ2n) is 13.3. The fourth-order valence-electron chi connectivity index (χ4n) is 5.86. The lowest BCUT2D eigenvalue weighted by Crippen LogP contribution is -2.58. The average Bonchev–Trinajstić information content (AvgIpc) is 3.56. The lowest BCUT2D eigenvalue weighted by atomic mass is 9.93. The number of hydrogen-bond donors (Lipinski definition) is 5. The zero-order valence-corrected chi connectivity index (χ0v) is 29.6. The Bertz CT molecular complexity index is 1400. The molecule has 1 aromatic carbocycles. The highest BCUT2D eigenvalue weighted by atomic mass is 32.1. The van der Waals surface area contributed by atoms with E-state index in [0.717, 1.165) is 36.3 Å². The maximum atomic E-state index is 13.6. The number of nitrogens with zero attached hydrogens (tertiary/aromatic N) is 2.